The molecule has 0 radical (unpaired) electrons. The topological polar surface area (TPSA) is 61.9 Å². The second kappa shape index (κ2) is 6.68. The number of rotatable bonds is 3. The van der Waals surface area contributed by atoms with E-state index in [1.54, 1.807) is 4.90 Å². The maximum absolute atomic E-state index is 12.2. The second-order valence-corrected chi connectivity index (χ2v) is 5.67. The number of benzene rings is 1. The van der Waals surface area contributed by atoms with Crippen LogP contribution in [0.5, 0.6) is 0 Å². The van der Waals surface area contributed by atoms with E-state index in [4.69, 9.17) is 4.74 Å². The number of carbonyl (C=O) groups excluding carboxylic acids is 2. The van der Waals surface area contributed by atoms with E-state index in [1.807, 2.05) is 35.2 Å². The first kappa shape index (κ1) is 14.7. The van der Waals surface area contributed by atoms with Gasteiger partial charge in [-0.1, -0.05) is 30.3 Å². The number of nitrogens with zero attached hydrogens (tertiary/aromatic N) is 2. The molecule has 0 aromatic heterocycles. The van der Waals surface area contributed by atoms with Crippen LogP contribution in [0.1, 0.15) is 18.4 Å². The molecule has 3 rings (SSSR count). The first-order valence-corrected chi connectivity index (χ1v) is 7.74. The predicted octanol–water partition coefficient (Wildman–Crippen LogP) is 1.81. The van der Waals surface area contributed by atoms with Crippen molar-refractivity contribution in [3.05, 3.63) is 35.9 Å². The van der Waals surface area contributed by atoms with Crippen molar-refractivity contribution in [1.29, 1.82) is 0 Å². The molecule has 2 aliphatic heterocycles. The molecule has 6 heteroatoms. The third-order valence-corrected chi connectivity index (χ3v) is 4.27. The Morgan fingerprint density at radius 3 is 2.55 bits per heavy atom. The van der Waals surface area contributed by atoms with Gasteiger partial charge in [0.1, 0.15) is 6.61 Å². The van der Waals surface area contributed by atoms with Crippen molar-refractivity contribution >= 4 is 12.1 Å². The Bertz CT molecular complexity index is 527. The molecule has 6 nitrogen and oxygen atoms in total. The van der Waals surface area contributed by atoms with Crippen LogP contribution >= 0.6 is 0 Å². The van der Waals surface area contributed by atoms with Crippen LogP contribution in [0, 0.1) is 0 Å². The van der Waals surface area contributed by atoms with E-state index in [2.05, 4.69) is 5.32 Å². The number of likely N-dealkylation sites (tertiary alicyclic amines) is 1. The van der Waals surface area contributed by atoms with Gasteiger partial charge in [-0.3, -0.25) is 0 Å². The monoisotopic (exact) mass is 303 g/mol. The molecule has 0 atom stereocenters. The molecular formula is C16H21N3O3. The summed E-state index contributed by atoms with van der Waals surface area (Å²) in [5.74, 6) is 0. The molecule has 0 unspecified atom stereocenters. The molecule has 0 spiro atoms. The lowest BCUT2D eigenvalue weighted by molar-refractivity contribution is 0.123. The van der Waals surface area contributed by atoms with Gasteiger partial charge >= 0.3 is 12.1 Å². The van der Waals surface area contributed by atoms with Crippen molar-refractivity contribution in [2.24, 2.45) is 0 Å². The molecule has 118 valence electrons. The van der Waals surface area contributed by atoms with Crippen LogP contribution in [-0.2, 0) is 11.3 Å². The highest BCUT2D eigenvalue weighted by Crippen LogP contribution is 2.20. The number of hydrogen-bond donors (Lipinski definition) is 1. The lowest BCUT2D eigenvalue weighted by Crippen LogP contribution is -2.49. The highest BCUT2D eigenvalue weighted by molar-refractivity contribution is 5.74. The van der Waals surface area contributed by atoms with Gasteiger partial charge in [0.15, 0.2) is 0 Å². The normalized spacial score (nSPS) is 19.2. The van der Waals surface area contributed by atoms with Gasteiger partial charge < -0.3 is 19.9 Å². The fourth-order valence-corrected chi connectivity index (χ4v) is 3.00. The van der Waals surface area contributed by atoms with Crippen molar-refractivity contribution in [2.45, 2.75) is 25.4 Å². The number of carbonyl (C=O) groups is 2. The summed E-state index contributed by atoms with van der Waals surface area (Å²) in [6.07, 6.45) is 1.41. The largest absolute Gasteiger partial charge is 0.448 e. The number of amides is 3. The van der Waals surface area contributed by atoms with E-state index in [0.29, 0.717) is 32.8 Å². The standard InChI is InChI=1S/C16H21N3O3/c20-15(17-12-13-4-2-1-3-5-13)18-8-6-14(7-9-18)19-10-11-22-16(19)21/h1-5,14H,6-12H2,(H,17,20). The molecule has 1 aromatic carbocycles. The van der Waals surface area contributed by atoms with Crippen LogP contribution in [0.3, 0.4) is 0 Å². The average Bonchev–Trinajstić information content (AvgIpc) is 3.00. The smallest absolute Gasteiger partial charge is 0.410 e. The highest BCUT2D eigenvalue weighted by atomic mass is 16.6. The summed E-state index contributed by atoms with van der Waals surface area (Å²) in [6.45, 7) is 3.04. The summed E-state index contributed by atoms with van der Waals surface area (Å²) < 4.78 is 4.97. The van der Waals surface area contributed by atoms with Crippen molar-refractivity contribution in [1.82, 2.24) is 15.1 Å². The number of ether oxygens (including phenoxy) is 1. The van der Waals surface area contributed by atoms with Crippen molar-refractivity contribution < 1.29 is 14.3 Å². The van der Waals surface area contributed by atoms with Crippen molar-refractivity contribution in [3.63, 3.8) is 0 Å². The van der Waals surface area contributed by atoms with Crippen LogP contribution in [0.4, 0.5) is 9.59 Å². The van der Waals surface area contributed by atoms with Gasteiger partial charge in [0.05, 0.1) is 6.54 Å². The summed E-state index contributed by atoms with van der Waals surface area (Å²) in [4.78, 5) is 27.3. The summed E-state index contributed by atoms with van der Waals surface area (Å²) in [7, 11) is 0. The maximum atomic E-state index is 12.2. The molecule has 0 aliphatic carbocycles. The van der Waals surface area contributed by atoms with E-state index in [-0.39, 0.29) is 18.2 Å². The molecule has 1 N–H and O–H groups in total. The van der Waals surface area contributed by atoms with Crippen molar-refractivity contribution in [2.75, 3.05) is 26.2 Å². The van der Waals surface area contributed by atoms with E-state index >= 15 is 0 Å². The fraction of sp³-hybridized carbons (Fsp3) is 0.500. The lowest BCUT2D eigenvalue weighted by atomic mass is 10.0. The third-order valence-electron chi connectivity index (χ3n) is 4.27. The Hall–Kier alpha value is -2.24. The van der Waals surface area contributed by atoms with E-state index in [9.17, 15) is 9.59 Å². The van der Waals surface area contributed by atoms with E-state index in [1.165, 1.54) is 0 Å². The number of piperidine rings is 1. The average molecular weight is 303 g/mol. The van der Waals surface area contributed by atoms with Gasteiger partial charge in [0.2, 0.25) is 0 Å². The molecule has 0 saturated carbocycles. The minimum Gasteiger partial charge on any atom is -0.448 e. The summed E-state index contributed by atoms with van der Waals surface area (Å²) in [6, 6.07) is 10.0. The fourth-order valence-electron chi connectivity index (χ4n) is 3.00. The zero-order chi connectivity index (χ0) is 15.4. The Kier molecular flexibility index (Phi) is 4.46. The van der Waals surface area contributed by atoms with Gasteiger partial charge in [0, 0.05) is 25.7 Å². The first-order chi connectivity index (χ1) is 10.7. The number of hydrogen-bond acceptors (Lipinski definition) is 3. The molecule has 3 amide bonds. The molecular weight excluding hydrogens is 282 g/mol. The Morgan fingerprint density at radius 2 is 1.91 bits per heavy atom. The summed E-state index contributed by atoms with van der Waals surface area (Å²) >= 11 is 0. The zero-order valence-corrected chi connectivity index (χ0v) is 12.5. The molecule has 2 aliphatic rings. The molecule has 2 fully saturated rings. The number of cyclic esters (lactones) is 1. The minimum absolute atomic E-state index is 0.0358. The molecule has 2 saturated heterocycles. The molecule has 2 heterocycles. The Balaban J connectivity index is 1.44. The highest BCUT2D eigenvalue weighted by Gasteiger charge is 2.33. The van der Waals surface area contributed by atoms with Gasteiger partial charge in [-0.25, -0.2) is 9.59 Å². The van der Waals surface area contributed by atoms with Crippen LogP contribution in [0.2, 0.25) is 0 Å². The SMILES string of the molecule is O=C(NCc1ccccc1)N1CCC(N2CCOC2=O)CC1. The Labute approximate surface area is 130 Å². The lowest BCUT2D eigenvalue weighted by Gasteiger charge is -2.35. The quantitative estimate of drug-likeness (QED) is 0.926. The minimum atomic E-state index is -0.216. The summed E-state index contributed by atoms with van der Waals surface area (Å²) in [5, 5.41) is 2.94. The van der Waals surface area contributed by atoms with E-state index < -0.39 is 0 Å². The van der Waals surface area contributed by atoms with Gasteiger partial charge in [-0.05, 0) is 18.4 Å². The Morgan fingerprint density at radius 1 is 1.18 bits per heavy atom. The van der Waals surface area contributed by atoms with Crippen LogP contribution in [0.25, 0.3) is 0 Å². The first-order valence-electron chi connectivity index (χ1n) is 7.74. The third kappa shape index (κ3) is 3.32. The van der Waals surface area contributed by atoms with Crippen LogP contribution < -0.4 is 5.32 Å². The maximum Gasteiger partial charge on any atom is 0.410 e. The second-order valence-electron chi connectivity index (χ2n) is 5.67. The summed E-state index contributed by atoms with van der Waals surface area (Å²) in [5.41, 5.74) is 1.09. The van der Waals surface area contributed by atoms with Crippen molar-refractivity contribution in [3.8, 4) is 0 Å². The van der Waals surface area contributed by atoms with Gasteiger partial charge in [-0.2, -0.15) is 0 Å². The zero-order valence-electron chi connectivity index (χ0n) is 12.5. The molecule has 0 bridgehead atoms. The predicted molar refractivity (Wildman–Crippen MR) is 81.3 cm³/mol. The number of nitrogens with one attached hydrogen (secondary N) is 1. The number of urea groups is 1. The molecule has 22 heavy (non-hydrogen) atoms. The van der Waals surface area contributed by atoms with Crippen LogP contribution in [-0.4, -0.2) is 54.2 Å². The van der Waals surface area contributed by atoms with E-state index in [0.717, 1.165) is 18.4 Å². The van der Waals surface area contributed by atoms with Crippen LogP contribution in [0.15, 0.2) is 30.3 Å². The van der Waals surface area contributed by atoms with Gasteiger partial charge in [-0.15, -0.1) is 0 Å². The molecule has 1 aromatic rings. The van der Waals surface area contributed by atoms with Gasteiger partial charge in [0.25, 0.3) is 0 Å².